The monoisotopic (exact) mass is 689 g/mol. The van der Waals surface area contributed by atoms with Crippen LogP contribution in [0.25, 0.3) is 66.4 Å². The lowest BCUT2D eigenvalue weighted by Gasteiger charge is -2.30. The van der Waals surface area contributed by atoms with Crippen LogP contribution in [0.4, 0.5) is 17.1 Å². The summed E-state index contributed by atoms with van der Waals surface area (Å²) in [7, 11) is 0. The van der Waals surface area contributed by atoms with E-state index >= 15 is 0 Å². The van der Waals surface area contributed by atoms with Gasteiger partial charge in [0.1, 0.15) is 5.75 Å². The SMILES string of the molecule is c1ccc(-c2ccc(N(c3ccccc3-c3ccccc3)c3cccc4c3Oc3ccc(-c5ccccc5)cc3-c3cc5ccccc5cc3-4)cc2)cc1. The van der Waals surface area contributed by atoms with E-state index in [-0.39, 0.29) is 0 Å². The number of ether oxygens (including phenoxy) is 1. The van der Waals surface area contributed by atoms with Gasteiger partial charge in [0.25, 0.3) is 0 Å². The van der Waals surface area contributed by atoms with Crippen LogP contribution in [-0.4, -0.2) is 0 Å². The molecule has 1 heterocycles. The number of para-hydroxylation sites is 2. The van der Waals surface area contributed by atoms with Crippen LogP contribution in [0.3, 0.4) is 0 Å². The van der Waals surface area contributed by atoms with Gasteiger partial charge in [-0.1, -0.05) is 164 Å². The molecular formula is C52H35NO. The summed E-state index contributed by atoms with van der Waals surface area (Å²) in [6.07, 6.45) is 0. The predicted molar refractivity (Wildman–Crippen MR) is 226 cm³/mol. The number of fused-ring (bicyclic) bond motifs is 6. The molecule has 0 atom stereocenters. The van der Waals surface area contributed by atoms with E-state index in [0.717, 1.165) is 67.5 Å². The van der Waals surface area contributed by atoms with Crippen LogP contribution < -0.4 is 9.64 Å². The highest BCUT2D eigenvalue weighted by atomic mass is 16.5. The van der Waals surface area contributed by atoms with Crippen molar-refractivity contribution in [3.05, 3.63) is 212 Å². The van der Waals surface area contributed by atoms with Crippen molar-refractivity contribution in [3.8, 4) is 67.1 Å². The van der Waals surface area contributed by atoms with Gasteiger partial charge in [0.2, 0.25) is 0 Å². The zero-order valence-electron chi connectivity index (χ0n) is 29.6. The van der Waals surface area contributed by atoms with Crippen molar-refractivity contribution in [1.29, 1.82) is 0 Å². The van der Waals surface area contributed by atoms with Crippen molar-refractivity contribution in [2.24, 2.45) is 0 Å². The minimum Gasteiger partial charge on any atom is -0.454 e. The van der Waals surface area contributed by atoms with Crippen LogP contribution in [0.2, 0.25) is 0 Å². The largest absolute Gasteiger partial charge is 0.454 e. The van der Waals surface area contributed by atoms with Gasteiger partial charge >= 0.3 is 0 Å². The summed E-state index contributed by atoms with van der Waals surface area (Å²) in [6.45, 7) is 0. The van der Waals surface area contributed by atoms with Gasteiger partial charge in [-0.3, -0.25) is 0 Å². The molecule has 0 amide bonds. The van der Waals surface area contributed by atoms with Crippen molar-refractivity contribution >= 4 is 27.8 Å². The number of hydrogen-bond acceptors (Lipinski definition) is 2. The Bertz CT molecular complexity index is 2770. The average molecular weight is 690 g/mol. The normalized spacial score (nSPS) is 11.5. The Kier molecular flexibility index (Phi) is 7.85. The molecule has 2 heteroatoms. The Morgan fingerprint density at radius 1 is 0.296 bits per heavy atom. The van der Waals surface area contributed by atoms with Crippen molar-refractivity contribution < 1.29 is 4.74 Å². The minimum absolute atomic E-state index is 0.815. The molecule has 54 heavy (non-hydrogen) atoms. The van der Waals surface area contributed by atoms with E-state index in [4.69, 9.17) is 4.74 Å². The molecule has 0 saturated heterocycles. The molecule has 254 valence electrons. The summed E-state index contributed by atoms with van der Waals surface area (Å²) >= 11 is 0. The lowest BCUT2D eigenvalue weighted by molar-refractivity contribution is 0.489. The first-order valence-corrected chi connectivity index (χ1v) is 18.4. The Labute approximate surface area is 315 Å². The molecule has 9 aromatic rings. The van der Waals surface area contributed by atoms with Crippen LogP contribution in [-0.2, 0) is 0 Å². The van der Waals surface area contributed by atoms with E-state index in [1.54, 1.807) is 0 Å². The molecule has 0 N–H and O–H groups in total. The van der Waals surface area contributed by atoms with E-state index in [2.05, 4.69) is 217 Å². The van der Waals surface area contributed by atoms with E-state index in [1.165, 1.54) is 27.5 Å². The maximum absolute atomic E-state index is 7.25. The summed E-state index contributed by atoms with van der Waals surface area (Å²) in [5.41, 5.74) is 14.5. The molecule has 10 rings (SSSR count). The van der Waals surface area contributed by atoms with Crippen molar-refractivity contribution in [1.82, 2.24) is 0 Å². The maximum atomic E-state index is 7.25. The second-order valence-corrected chi connectivity index (χ2v) is 13.7. The first-order valence-electron chi connectivity index (χ1n) is 18.4. The standard InChI is InChI=1S/C52H35NO/c1-4-15-36(16-5-1)38-27-30-43(31-28-38)53(49-25-13-12-23-44(49)39-19-8-3-9-20-39)50-26-14-24-45-46-33-40-21-10-11-22-41(40)34-47(46)48-35-42(37-17-6-2-7-18-37)29-32-51(48)54-52(45)50/h1-35H. The van der Waals surface area contributed by atoms with Crippen LogP contribution in [0.5, 0.6) is 11.5 Å². The molecule has 0 radical (unpaired) electrons. The molecule has 0 unspecified atom stereocenters. The van der Waals surface area contributed by atoms with Gasteiger partial charge < -0.3 is 9.64 Å². The van der Waals surface area contributed by atoms with Gasteiger partial charge in [-0.15, -0.1) is 0 Å². The van der Waals surface area contributed by atoms with Gasteiger partial charge in [0, 0.05) is 22.4 Å². The molecule has 0 aromatic heterocycles. The molecule has 0 saturated carbocycles. The van der Waals surface area contributed by atoms with Gasteiger partial charge in [0.15, 0.2) is 5.75 Å². The van der Waals surface area contributed by atoms with Crippen molar-refractivity contribution in [3.63, 3.8) is 0 Å². The van der Waals surface area contributed by atoms with Crippen LogP contribution in [0, 0.1) is 0 Å². The molecule has 0 bridgehead atoms. The topological polar surface area (TPSA) is 12.5 Å². The predicted octanol–water partition coefficient (Wildman–Crippen LogP) is 14.8. The maximum Gasteiger partial charge on any atom is 0.159 e. The quantitative estimate of drug-likeness (QED) is 0.172. The van der Waals surface area contributed by atoms with Gasteiger partial charge in [0.05, 0.1) is 11.4 Å². The zero-order chi connectivity index (χ0) is 35.8. The number of anilines is 3. The summed E-state index contributed by atoms with van der Waals surface area (Å²) < 4.78 is 7.25. The molecular weight excluding hydrogens is 655 g/mol. The first-order chi connectivity index (χ1) is 26.8. The number of hydrogen-bond donors (Lipinski definition) is 0. The van der Waals surface area contributed by atoms with E-state index in [0.29, 0.717) is 0 Å². The molecule has 1 aliphatic heterocycles. The third-order valence-corrected chi connectivity index (χ3v) is 10.5. The lowest BCUT2D eigenvalue weighted by Crippen LogP contribution is -2.12. The smallest absolute Gasteiger partial charge is 0.159 e. The second-order valence-electron chi connectivity index (χ2n) is 13.7. The second kappa shape index (κ2) is 13.4. The van der Waals surface area contributed by atoms with Crippen LogP contribution in [0.15, 0.2) is 212 Å². The fraction of sp³-hybridized carbons (Fsp3) is 0. The first kappa shape index (κ1) is 31.6. The van der Waals surface area contributed by atoms with Crippen LogP contribution in [0.1, 0.15) is 0 Å². The Hall–Kier alpha value is -7.16. The highest BCUT2D eigenvalue weighted by molar-refractivity contribution is 6.02. The third kappa shape index (κ3) is 5.62. The third-order valence-electron chi connectivity index (χ3n) is 10.5. The summed E-state index contributed by atoms with van der Waals surface area (Å²) in [5.74, 6) is 1.64. The van der Waals surface area contributed by atoms with E-state index < -0.39 is 0 Å². The van der Waals surface area contributed by atoms with Crippen molar-refractivity contribution in [2.45, 2.75) is 0 Å². The fourth-order valence-corrected chi connectivity index (χ4v) is 7.83. The Balaban J connectivity index is 1.23. The Morgan fingerprint density at radius 3 is 1.48 bits per heavy atom. The zero-order valence-corrected chi connectivity index (χ0v) is 29.6. The highest BCUT2D eigenvalue weighted by Gasteiger charge is 2.28. The van der Waals surface area contributed by atoms with Gasteiger partial charge in [-0.25, -0.2) is 0 Å². The molecule has 9 aromatic carbocycles. The van der Waals surface area contributed by atoms with E-state index in [9.17, 15) is 0 Å². The highest BCUT2D eigenvalue weighted by Crippen LogP contribution is 2.54. The average Bonchev–Trinajstić information content (AvgIpc) is 3.38. The number of benzene rings is 9. The summed E-state index contributed by atoms with van der Waals surface area (Å²) in [5, 5.41) is 2.39. The molecule has 0 fully saturated rings. The fourth-order valence-electron chi connectivity index (χ4n) is 7.83. The minimum atomic E-state index is 0.815. The molecule has 0 spiro atoms. The Morgan fingerprint density at radius 2 is 0.796 bits per heavy atom. The molecule has 1 aliphatic rings. The molecule has 2 nitrogen and oxygen atoms in total. The van der Waals surface area contributed by atoms with Crippen LogP contribution >= 0.6 is 0 Å². The van der Waals surface area contributed by atoms with Gasteiger partial charge in [-0.2, -0.15) is 0 Å². The van der Waals surface area contributed by atoms with Gasteiger partial charge in [-0.05, 0) is 98.2 Å². The summed E-state index contributed by atoms with van der Waals surface area (Å²) in [6, 6.07) is 75.7. The number of rotatable bonds is 6. The lowest BCUT2D eigenvalue weighted by atomic mass is 9.90. The number of nitrogens with zero attached hydrogens (tertiary/aromatic N) is 1. The summed E-state index contributed by atoms with van der Waals surface area (Å²) in [4.78, 5) is 2.36. The van der Waals surface area contributed by atoms with E-state index in [1.807, 2.05) is 0 Å². The molecule has 0 aliphatic carbocycles. The van der Waals surface area contributed by atoms with Crippen molar-refractivity contribution in [2.75, 3.05) is 4.90 Å².